The molecule has 0 unspecified atom stereocenters. The van der Waals surface area contributed by atoms with Crippen molar-refractivity contribution >= 4 is 12.2 Å². The molecule has 0 atom stereocenters. The summed E-state index contributed by atoms with van der Waals surface area (Å²) >= 11 is 0. The number of unbranched alkanes of at least 4 members (excludes halogenated alkanes) is 1. The van der Waals surface area contributed by atoms with Gasteiger partial charge in [-0.25, -0.2) is 13.2 Å². The van der Waals surface area contributed by atoms with E-state index in [0.29, 0.717) is 35.0 Å². The largest absolute Gasteiger partial charge is 0.493 e. The second-order valence-corrected chi connectivity index (χ2v) is 9.71. The van der Waals surface area contributed by atoms with Crippen LogP contribution < -0.4 is 4.74 Å². The molecule has 0 bridgehead atoms. The highest BCUT2D eigenvalue weighted by Gasteiger charge is 2.25. The first-order chi connectivity index (χ1) is 17.5. The maximum Gasteiger partial charge on any atom is 0.166 e. The van der Waals surface area contributed by atoms with Crippen LogP contribution in [0.5, 0.6) is 5.75 Å². The summed E-state index contributed by atoms with van der Waals surface area (Å²) in [5.74, 6) is -0.632. The van der Waals surface area contributed by atoms with Gasteiger partial charge >= 0.3 is 0 Å². The topological polar surface area (TPSA) is 9.23 Å². The lowest BCUT2D eigenvalue weighted by molar-refractivity contribution is 0.310. The smallest absolute Gasteiger partial charge is 0.166 e. The predicted molar refractivity (Wildman–Crippen MR) is 142 cm³/mol. The summed E-state index contributed by atoms with van der Waals surface area (Å²) < 4.78 is 50.0. The molecule has 188 valence electrons. The fourth-order valence-corrected chi connectivity index (χ4v) is 4.78. The van der Waals surface area contributed by atoms with Gasteiger partial charge in [-0.1, -0.05) is 74.4 Å². The molecule has 4 rings (SSSR count). The van der Waals surface area contributed by atoms with Crippen LogP contribution in [0.3, 0.4) is 0 Å². The summed E-state index contributed by atoms with van der Waals surface area (Å²) in [7, 11) is 0. The van der Waals surface area contributed by atoms with Crippen molar-refractivity contribution in [2.45, 2.75) is 51.4 Å². The monoisotopic (exact) mass is 490 g/mol. The van der Waals surface area contributed by atoms with Crippen LogP contribution in [0.4, 0.5) is 13.2 Å². The van der Waals surface area contributed by atoms with Crippen LogP contribution >= 0.6 is 0 Å². The molecule has 0 aromatic heterocycles. The number of halogens is 3. The Balaban J connectivity index is 1.43. The molecule has 0 N–H and O–H groups in total. The number of allylic oxidation sites excluding steroid dienone is 1. The van der Waals surface area contributed by atoms with Gasteiger partial charge in [-0.3, -0.25) is 0 Å². The van der Waals surface area contributed by atoms with Crippen molar-refractivity contribution in [2.24, 2.45) is 5.92 Å². The van der Waals surface area contributed by atoms with Crippen LogP contribution in [0.2, 0.25) is 0 Å². The molecule has 1 nitrogen and oxygen atoms in total. The third-order valence-electron chi connectivity index (χ3n) is 7.04. The molecule has 1 aliphatic carbocycles. The summed E-state index contributed by atoms with van der Waals surface area (Å²) in [4.78, 5) is 0. The first kappa shape index (κ1) is 25.8. The highest BCUT2D eigenvalue weighted by Crippen LogP contribution is 2.38. The van der Waals surface area contributed by atoms with Gasteiger partial charge in [-0.2, -0.15) is 0 Å². The third-order valence-corrected chi connectivity index (χ3v) is 7.04. The van der Waals surface area contributed by atoms with Crippen LogP contribution in [-0.4, -0.2) is 6.61 Å². The van der Waals surface area contributed by atoms with E-state index in [0.717, 1.165) is 44.1 Å². The van der Waals surface area contributed by atoms with Gasteiger partial charge in [0.2, 0.25) is 0 Å². The van der Waals surface area contributed by atoms with Crippen molar-refractivity contribution in [2.75, 3.05) is 6.61 Å². The van der Waals surface area contributed by atoms with E-state index in [9.17, 15) is 13.2 Å². The quantitative estimate of drug-likeness (QED) is 0.165. The molecule has 4 heteroatoms. The number of hydrogen-bond acceptors (Lipinski definition) is 1. The summed E-state index contributed by atoms with van der Waals surface area (Å²) in [5.41, 5.74) is 2.63. The van der Waals surface area contributed by atoms with Crippen molar-refractivity contribution in [1.29, 1.82) is 0 Å². The van der Waals surface area contributed by atoms with Gasteiger partial charge in [0.25, 0.3) is 0 Å². The molecule has 3 aromatic carbocycles. The van der Waals surface area contributed by atoms with Crippen LogP contribution in [0.1, 0.15) is 68.1 Å². The van der Waals surface area contributed by atoms with Crippen LogP contribution in [0.15, 0.2) is 67.3 Å². The molecular weight excluding hydrogens is 457 g/mol. The van der Waals surface area contributed by atoms with Gasteiger partial charge in [0, 0.05) is 17.2 Å². The van der Waals surface area contributed by atoms with Crippen molar-refractivity contribution in [3.8, 4) is 16.9 Å². The molecule has 1 aliphatic rings. The molecule has 1 fully saturated rings. The number of hydrogen-bond donors (Lipinski definition) is 0. The zero-order valence-electron chi connectivity index (χ0n) is 20.8. The van der Waals surface area contributed by atoms with Crippen molar-refractivity contribution < 1.29 is 17.9 Å². The lowest BCUT2D eigenvalue weighted by Gasteiger charge is -2.27. The van der Waals surface area contributed by atoms with Crippen molar-refractivity contribution in [3.63, 3.8) is 0 Å². The number of rotatable bonds is 9. The molecule has 0 heterocycles. The minimum absolute atomic E-state index is 0.0931. The van der Waals surface area contributed by atoms with E-state index in [1.807, 2.05) is 18.2 Å². The van der Waals surface area contributed by atoms with E-state index in [1.54, 1.807) is 48.6 Å². The Morgan fingerprint density at radius 1 is 0.889 bits per heavy atom. The summed E-state index contributed by atoms with van der Waals surface area (Å²) in [6.07, 6.45) is 10.9. The Labute approximate surface area is 212 Å². The Hall–Kier alpha value is -3.27. The summed E-state index contributed by atoms with van der Waals surface area (Å²) in [6, 6.07) is 15.4. The summed E-state index contributed by atoms with van der Waals surface area (Å²) in [5, 5.41) is 0. The van der Waals surface area contributed by atoms with Crippen LogP contribution in [-0.2, 0) is 0 Å². The van der Waals surface area contributed by atoms with Crippen molar-refractivity contribution in [1.82, 2.24) is 0 Å². The van der Waals surface area contributed by atoms with Crippen LogP contribution in [0.25, 0.3) is 23.3 Å². The van der Waals surface area contributed by atoms with E-state index in [2.05, 4.69) is 13.5 Å². The molecule has 36 heavy (non-hydrogen) atoms. The van der Waals surface area contributed by atoms with E-state index in [4.69, 9.17) is 4.74 Å². The minimum atomic E-state index is -0.789. The maximum atomic E-state index is 15.0. The standard InChI is InChI=1S/C32H33F3O/c1-3-4-5-20-36-27-17-16-26(30(33)21-27)15-10-23-8-13-25(14-9-23)29-19-18-28(31(34)32(29)35)24-11-6-22(2)7-12-24/h3,8-10,13-19,21-22,24H,1,4-7,11-12,20H2,2H3/b15-10+. The van der Waals surface area contributed by atoms with Gasteiger partial charge in [0.05, 0.1) is 6.61 Å². The Bertz CT molecular complexity index is 1200. The molecule has 3 aromatic rings. The zero-order valence-corrected chi connectivity index (χ0v) is 20.8. The first-order valence-electron chi connectivity index (χ1n) is 12.8. The highest BCUT2D eigenvalue weighted by atomic mass is 19.2. The van der Waals surface area contributed by atoms with Gasteiger partial charge < -0.3 is 4.74 Å². The lowest BCUT2D eigenvalue weighted by Crippen LogP contribution is -2.13. The average Bonchev–Trinajstić information content (AvgIpc) is 2.89. The molecule has 0 aliphatic heterocycles. The fraction of sp³-hybridized carbons (Fsp3) is 0.312. The van der Waals surface area contributed by atoms with E-state index in [1.165, 1.54) is 6.07 Å². The third kappa shape index (κ3) is 6.29. The first-order valence-corrected chi connectivity index (χ1v) is 12.8. The molecule has 0 radical (unpaired) electrons. The van der Waals surface area contributed by atoms with Gasteiger partial charge in [0.15, 0.2) is 11.6 Å². The normalized spacial score (nSPS) is 17.9. The average molecular weight is 491 g/mol. The van der Waals surface area contributed by atoms with E-state index < -0.39 is 11.6 Å². The molecule has 0 amide bonds. The SMILES string of the molecule is C=CCCCOc1ccc(/C=C/c2ccc(-c3ccc(C4CCC(C)CC4)c(F)c3F)cc2)c(F)c1. The second-order valence-electron chi connectivity index (χ2n) is 9.71. The highest BCUT2D eigenvalue weighted by molar-refractivity contribution is 5.73. The molecule has 0 spiro atoms. The Morgan fingerprint density at radius 2 is 1.64 bits per heavy atom. The van der Waals surface area contributed by atoms with Crippen molar-refractivity contribution in [3.05, 3.63) is 101 Å². The van der Waals surface area contributed by atoms with E-state index >= 15 is 0 Å². The summed E-state index contributed by atoms with van der Waals surface area (Å²) in [6.45, 7) is 6.40. The van der Waals surface area contributed by atoms with E-state index in [-0.39, 0.29) is 17.3 Å². The lowest BCUT2D eigenvalue weighted by atomic mass is 9.79. The predicted octanol–water partition coefficient (Wildman–Crippen LogP) is 9.58. The fourth-order valence-electron chi connectivity index (χ4n) is 4.78. The second kappa shape index (κ2) is 12.1. The Morgan fingerprint density at radius 3 is 2.33 bits per heavy atom. The molecular formula is C32H33F3O. The molecule has 0 saturated heterocycles. The van der Waals surface area contributed by atoms with Gasteiger partial charge in [0.1, 0.15) is 11.6 Å². The zero-order chi connectivity index (χ0) is 25.5. The maximum absolute atomic E-state index is 15.0. The molecule has 1 saturated carbocycles. The minimum Gasteiger partial charge on any atom is -0.493 e. The van der Waals surface area contributed by atoms with Crippen LogP contribution in [0, 0.1) is 23.4 Å². The Kier molecular flexibility index (Phi) is 8.69. The number of benzene rings is 3. The number of ether oxygens (including phenoxy) is 1. The van der Waals surface area contributed by atoms with Gasteiger partial charge in [-0.15, -0.1) is 6.58 Å². The van der Waals surface area contributed by atoms with Gasteiger partial charge in [-0.05, 0) is 66.3 Å².